The van der Waals surface area contributed by atoms with Crippen molar-refractivity contribution in [3.63, 3.8) is 0 Å². The van der Waals surface area contributed by atoms with Crippen LogP contribution in [0, 0.1) is 5.82 Å². The number of ether oxygens (including phenoxy) is 1. The van der Waals surface area contributed by atoms with Crippen molar-refractivity contribution in [3.05, 3.63) is 34.1 Å². The van der Waals surface area contributed by atoms with E-state index >= 15 is 0 Å². The molecule has 98 valence electrons. The van der Waals surface area contributed by atoms with E-state index in [1.54, 1.807) is 6.07 Å². The van der Waals surface area contributed by atoms with Crippen LogP contribution in [0.1, 0.15) is 30.4 Å². The highest BCUT2D eigenvalue weighted by Gasteiger charge is 2.46. The van der Waals surface area contributed by atoms with Gasteiger partial charge in [0.25, 0.3) is 0 Å². The van der Waals surface area contributed by atoms with Crippen molar-refractivity contribution in [1.29, 1.82) is 0 Å². The van der Waals surface area contributed by atoms with Gasteiger partial charge in [0.15, 0.2) is 0 Å². The SMILES string of the molecule is COCc1c(F)cc(C2(CC(=O)O)CC2)cc1Cl. The Labute approximate surface area is 110 Å². The molecule has 1 aromatic rings. The number of rotatable bonds is 5. The number of aliphatic carboxylic acids is 1. The number of carboxylic acid groups (broad SMARTS) is 1. The fourth-order valence-corrected chi connectivity index (χ4v) is 2.46. The molecule has 0 spiro atoms. The van der Waals surface area contributed by atoms with Crippen LogP contribution < -0.4 is 0 Å². The van der Waals surface area contributed by atoms with Crippen molar-refractivity contribution in [2.75, 3.05) is 7.11 Å². The first-order valence-corrected chi connectivity index (χ1v) is 6.05. The van der Waals surface area contributed by atoms with E-state index in [9.17, 15) is 9.18 Å². The van der Waals surface area contributed by atoms with Gasteiger partial charge in [-0.15, -0.1) is 0 Å². The van der Waals surface area contributed by atoms with Crippen LogP contribution in [-0.2, 0) is 21.6 Å². The Balaban J connectivity index is 2.33. The van der Waals surface area contributed by atoms with Crippen LogP contribution in [0.25, 0.3) is 0 Å². The van der Waals surface area contributed by atoms with Gasteiger partial charge in [-0.3, -0.25) is 4.79 Å². The molecule has 0 heterocycles. The van der Waals surface area contributed by atoms with Gasteiger partial charge in [0.1, 0.15) is 5.82 Å². The maximum Gasteiger partial charge on any atom is 0.304 e. The van der Waals surface area contributed by atoms with Gasteiger partial charge in [-0.25, -0.2) is 4.39 Å². The second-order valence-corrected chi connectivity index (χ2v) is 5.11. The first-order valence-electron chi connectivity index (χ1n) is 5.68. The van der Waals surface area contributed by atoms with E-state index in [4.69, 9.17) is 21.4 Å². The van der Waals surface area contributed by atoms with E-state index < -0.39 is 17.2 Å². The van der Waals surface area contributed by atoms with Crippen molar-refractivity contribution in [1.82, 2.24) is 0 Å². The minimum absolute atomic E-state index is 0.0202. The van der Waals surface area contributed by atoms with Crippen LogP contribution in [-0.4, -0.2) is 18.2 Å². The molecule has 0 amide bonds. The van der Waals surface area contributed by atoms with Gasteiger partial charge in [0.05, 0.1) is 13.0 Å². The fraction of sp³-hybridized carbons (Fsp3) is 0.462. The summed E-state index contributed by atoms with van der Waals surface area (Å²) in [5, 5.41) is 9.18. The van der Waals surface area contributed by atoms with Gasteiger partial charge in [0, 0.05) is 23.1 Å². The first-order chi connectivity index (χ1) is 8.48. The average Bonchev–Trinajstić information content (AvgIpc) is 3.03. The predicted molar refractivity (Wildman–Crippen MR) is 65.3 cm³/mol. The van der Waals surface area contributed by atoms with Crippen molar-refractivity contribution in [2.24, 2.45) is 0 Å². The van der Waals surface area contributed by atoms with E-state index in [2.05, 4.69) is 0 Å². The van der Waals surface area contributed by atoms with Gasteiger partial charge in [-0.1, -0.05) is 11.6 Å². The first kappa shape index (κ1) is 13.3. The monoisotopic (exact) mass is 272 g/mol. The summed E-state index contributed by atoms with van der Waals surface area (Å²) in [5.41, 5.74) is 0.559. The fourth-order valence-electron chi connectivity index (χ4n) is 2.20. The van der Waals surface area contributed by atoms with Crippen LogP contribution in [0.3, 0.4) is 0 Å². The largest absolute Gasteiger partial charge is 0.481 e. The Morgan fingerprint density at radius 3 is 2.67 bits per heavy atom. The molecule has 0 bridgehead atoms. The molecule has 1 N–H and O–H groups in total. The van der Waals surface area contributed by atoms with E-state index in [1.807, 2.05) is 0 Å². The number of methoxy groups -OCH3 is 1. The Hall–Kier alpha value is -1.13. The smallest absolute Gasteiger partial charge is 0.304 e. The summed E-state index contributed by atoms with van der Waals surface area (Å²) < 4.78 is 18.8. The van der Waals surface area contributed by atoms with E-state index in [0.717, 1.165) is 12.8 Å². The molecular formula is C13H14ClFO3. The summed E-state index contributed by atoms with van der Waals surface area (Å²) in [5.74, 6) is -1.30. The van der Waals surface area contributed by atoms with E-state index in [1.165, 1.54) is 13.2 Å². The third-order valence-corrected chi connectivity index (χ3v) is 3.72. The van der Waals surface area contributed by atoms with E-state index in [-0.39, 0.29) is 13.0 Å². The van der Waals surface area contributed by atoms with E-state index in [0.29, 0.717) is 16.1 Å². The minimum atomic E-state index is -0.870. The van der Waals surface area contributed by atoms with Crippen LogP contribution >= 0.6 is 11.6 Å². The number of benzene rings is 1. The molecule has 0 aromatic heterocycles. The lowest BCUT2D eigenvalue weighted by Gasteiger charge is -2.15. The summed E-state index contributed by atoms with van der Waals surface area (Å²) >= 11 is 6.02. The molecule has 0 unspecified atom stereocenters. The van der Waals surface area contributed by atoms with Crippen LogP contribution in [0.5, 0.6) is 0 Å². The van der Waals surface area contributed by atoms with Crippen LogP contribution in [0.2, 0.25) is 5.02 Å². The molecule has 18 heavy (non-hydrogen) atoms. The highest BCUT2D eigenvalue weighted by molar-refractivity contribution is 6.31. The van der Waals surface area contributed by atoms with Crippen LogP contribution in [0.4, 0.5) is 4.39 Å². The normalized spacial score (nSPS) is 16.6. The molecule has 2 rings (SSSR count). The molecule has 1 aromatic carbocycles. The Morgan fingerprint density at radius 1 is 1.56 bits per heavy atom. The lowest BCUT2D eigenvalue weighted by Crippen LogP contribution is -2.13. The second kappa shape index (κ2) is 4.86. The zero-order valence-electron chi connectivity index (χ0n) is 10.0. The maximum absolute atomic E-state index is 13.9. The average molecular weight is 273 g/mol. The molecule has 0 radical (unpaired) electrons. The summed E-state index contributed by atoms with van der Waals surface area (Å²) in [4.78, 5) is 10.8. The van der Waals surface area contributed by atoms with Crippen molar-refractivity contribution in [3.8, 4) is 0 Å². The number of hydrogen-bond donors (Lipinski definition) is 1. The molecule has 0 atom stereocenters. The third-order valence-electron chi connectivity index (χ3n) is 3.39. The second-order valence-electron chi connectivity index (χ2n) is 4.70. The van der Waals surface area contributed by atoms with Crippen molar-refractivity contribution >= 4 is 17.6 Å². The lowest BCUT2D eigenvalue weighted by molar-refractivity contribution is -0.137. The van der Waals surface area contributed by atoms with Gasteiger partial charge < -0.3 is 9.84 Å². The maximum atomic E-state index is 13.9. The molecule has 1 saturated carbocycles. The Bertz CT molecular complexity index is 460. The highest BCUT2D eigenvalue weighted by atomic mass is 35.5. The summed E-state index contributed by atoms with van der Waals surface area (Å²) in [6.45, 7) is 0.108. The van der Waals surface area contributed by atoms with Gasteiger partial charge in [0.2, 0.25) is 0 Å². The van der Waals surface area contributed by atoms with Crippen molar-refractivity contribution in [2.45, 2.75) is 31.3 Å². The van der Waals surface area contributed by atoms with Crippen LogP contribution in [0.15, 0.2) is 12.1 Å². The standard InChI is InChI=1S/C13H14ClFO3/c1-18-7-9-10(14)4-8(5-11(9)15)13(2-3-13)6-12(16)17/h4-5H,2-3,6-7H2,1H3,(H,16,17). The van der Waals surface area contributed by atoms with Gasteiger partial charge in [-0.2, -0.15) is 0 Å². The van der Waals surface area contributed by atoms with Gasteiger partial charge >= 0.3 is 5.97 Å². The zero-order valence-corrected chi connectivity index (χ0v) is 10.8. The molecule has 5 heteroatoms. The molecular weight excluding hydrogens is 259 g/mol. The lowest BCUT2D eigenvalue weighted by atomic mass is 9.91. The summed E-state index contributed by atoms with van der Waals surface area (Å²) in [6, 6.07) is 3.05. The molecule has 0 aliphatic heterocycles. The molecule has 1 aliphatic rings. The van der Waals surface area contributed by atoms with Crippen molar-refractivity contribution < 1.29 is 19.0 Å². The Morgan fingerprint density at radius 2 is 2.22 bits per heavy atom. The topological polar surface area (TPSA) is 46.5 Å². The highest BCUT2D eigenvalue weighted by Crippen LogP contribution is 2.51. The number of hydrogen-bond acceptors (Lipinski definition) is 2. The molecule has 3 nitrogen and oxygen atoms in total. The number of carbonyl (C=O) groups is 1. The summed E-state index contributed by atoms with van der Waals surface area (Å²) in [6.07, 6.45) is 1.55. The minimum Gasteiger partial charge on any atom is -0.481 e. The molecule has 0 saturated heterocycles. The Kier molecular flexibility index (Phi) is 3.59. The van der Waals surface area contributed by atoms with Gasteiger partial charge in [-0.05, 0) is 30.5 Å². The zero-order chi connectivity index (χ0) is 13.3. The summed E-state index contributed by atoms with van der Waals surface area (Å²) in [7, 11) is 1.47. The molecule has 1 fully saturated rings. The number of carboxylic acids is 1. The number of halogens is 2. The molecule has 1 aliphatic carbocycles. The predicted octanol–water partition coefficient (Wildman–Crippen LogP) is 3.13. The third kappa shape index (κ3) is 2.49. The quantitative estimate of drug-likeness (QED) is 0.896.